The minimum Gasteiger partial charge on any atom is -0.331 e. The molecule has 0 radical (unpaired) electrons. The zero-order valence-corrected chi connectivity index (χ0v) is 11.6. The summed E-state index contributed by atoms with van der Waals surface area (Å²) in [5.41, 5.74) is 0. The van der Waals surface area contributed by atoms with E-state index in [9.17, 15) is 0 Å². The highest BCUT2D eigenvalue weighted by Gasteiger charge is 2.38. The first kappa shape index (κ1) is 13.0. The Morgan fingerprint density at radius 3 is 1.33 bits per heavy atom. The van der Waals surface area contributed by atoms with Gasteiger partial charge in [0.15, 0.2) is 0 Å². The fraction of sp³-hybridized carbons (Fsp3) is 1.00. The molecule has 1 rings (SSSR count). The van der Waals surface area contributed by atoms with E-state index >= 15 is 0 Å². The molecule has 0 amide bonds. The maximum atomic E-state index is 2.30. The smallest absolute Gasteiger partial charge is 0.0783 e. The van der Waals surface area contributed by atoms with E-state index in [4.69, 9.17) is 0 Å². The van der Waals surface area contributed by atoms with Crippen molar-refractivity contribution in [1.82, 2.24) is 0 Å². The molecule has 0 heterocycles. The van der Waals surface area contributed by atoms with Gasteiger partial charge in [0.05, 0.1) is 55.4 Å². The van der Waals surface area contributed by atoms with E-state index in [0.29, 0.717) is 0 Å². The second-order valence-electron chi connectivity index (χ2n) is 7.36. The second kappa shape index (κ2) is 4.42. The molecule has 1 saturated carbocycles. The average Bonchev–Trinajstić information content (AvgIpc) is 2.73. The number of hydrogen-bond acceptors (Lipinski definition) is 0. The summed E-state index contributed by atoms with van der Waals surface area (Å²) < 4.78 is 2.25. The molecule has 0 bridgehead atoms. The van der Waals surface area contributed by atoms with Crippen LogP contribution in [-0.2, 0) is 0 Å². The van der Waals surface area contributed by atoms with Crippen LogP contribution in [0.5, 0.6) is 0 Å². The normalized spacial score (nSPS) is 26.8. The molecule has 0 saturated heterocycles. The van der Waals surface area contributed by atoms with Crippen LogP contribution in [0.2, 0.25) is 0 Å². The Kier molecular flexibility index (Phi) is 3.83. The van der Waals surface area contributed by atoms with Crippen LogP contribution in [0.1, 0.15) is 19.3 Å². The number of hydrogen-bond donors (Lipinski definition) is 0. The summed E-state index contributed by atoms with van der Waals surface area (Å²) >= 11 is 0. The molecule has 0 aromatic heterocycles. The Morgan fingerprint density at radius 2 is 1.07 bits per heavy atom. The van der Waals surface area contributed by atoms with Crippen LogP contribution in [-0.4, -0.2) is 64.3 Å². The molecule has 0 aromatic rings. The van der Waals surface area contributed by atoms with Gasteiger partial charge in [0.25, 0.3) is 0 Å². The molecule has 2 nitrogen and oxygen atoms in total. The highest BCUT2D eigenvalue weighted by atomic mass is 15.3. The van der Waals surface area contributed by atoms with Gasteiger partial charge in [-0.05, 0) is 31.1 Å². The van der Waals surface area contributed by atoms with Crippen molar-refractivity contribution in [2.45, 2.75) is 19.3 Å². The fourth-order valence-corrected chi connectivity index (χ4v) is 2.12. The van der Waals surface area contributed by atoms with E-state index in [2.05, 4.69) is 42.3 Å². The van der Waals surface area contributed by atoms with E-state index < -0.39 is 0 Å². The lowest BCUT2D eigenvalue weighted by atomic mass is 10.1. The molecule has 90 valence electrons. The van der Waals surface area contributed by atoms with Crippen LogP contribution in [0.25, 0.3) is 0 Å². The summed E-state index contributed by atoms with van der Waals surface area (Å²) in [6, 6.07) is 0. The summed E-state index contributed by atoms with van der Waals surface area (Å²) in [5.74, 6) is 2.10. The maximum absolute atomic E-state index is 2.30. The first-order chi connectivity index (χ1) is 6.67. The van der Waals surface area contributed by atoms with E-state index in [-0.39, 0.29) is 0 Å². The number of quaternary nitrogens is 2. The molecule has 15 heavy (non-hydrogen) atoms. The van der Waals surface area contributed by atoms with Crippen molar-refractivity contribution in [2.75, 3.05) is 55.4 Å². The zero-order valence-electron chi connectivity index (χ0n) is 11.6. The van der Waals surface area contributed by atoms with Crippen molar-refractivity contribution < 1.29 is 8.97 Å². The van der Waals surface area contributed by atoms with Crippen molar-refractivity contribution >= 4 is 0 Å². The summed E-state index contributed by atoms with van der Waals surface area (Å²) in [4.78, 5) is 0. The largest absolute Gasteiger partial charge is 0.331 e. The monoisotopic (exact) mass is 214 g/mol. The molecule has 1 fully saturated rings. The number of rotatable bonds is 6. The van der Waals surface area contributed by atoms with Crippen LogP contribution < -0.4 is 0 Å². The van der Waals surface area contributed by atoms with Crippen molar-refractivity contribution in [3.63, 3.8) is 0 Å². The molecule has 2 heteroatoms. The third kappa shape index (κ3) is 6.16. The predicted octanol–water partition coefficient (Wildman–Crippen LogP) is 1.82. The molecule has 2 atom stereocenters. The summed E-state index contributed by atoms with van der Waals surface area (Å²) in [6.45, 7) is 2.68. The Bertz CT molecular complexity index is 176. The van der Waals surface area contributed by atoms with Gasteiger partial charge in [0, 0.05) is 0 Å². The summed E-state index contributed by atoms with van der Waals surface area (Å²) in [7, 11) is 13.8. The van der Waals surface area contributed by atoms with Crippen molar-refractivity contribution in [2.24, 2.45) is 11.8 Å². The molecular formula is C13H30N2+2. The summed E-state index contributed by atoms with van der Waals surface area (Å²) in [6.07, 6.45) is 4.37. The highest BCUT2D eigenvalue weighted by molar-refractivity contribution is 4.85. The van der Waals surface area contributed by atoms with Crippen LogP contribution in [0.4, 0.5) is 0 Å². The van der Waals surface area contributed by atoms with Gasteiger partial charge < -0.3 is 8.97 Å². The van der Waals surface area contributed by atoms with Gasteiger partial charge in [0.2, 0.25) is 0 Å². The molecule has 1 aliphatic carbocycles. The van der Waals surface area contributed by atoms with Gasteiger partial charge in [-0.3, -0.25) is 0 Å². The van der Waals surface area contributed by atoms with Crippen LogP contribution in [0, 0.1) is 11.8 Å². The average molecular weight is 214 g/mol. The standard InChI is InChI=1S/C13H30N2/c1-14(2,3)9-7-12-11-13(12)8-10-15(4,5)6/h12-13H,7-11H2,1-6H3/q+2/t12-,13+. The Labute approximate surface area is 96.1 Å². The maximum Gasteiger partial charge on any atom is 0.0783 e. The minimum absolute atomic E-state index is 1.05. The summed E-state index contributed by atoms with van der Waals surface area (Å²) in [5, 5.41) is 0. The predicted molar refractivity (Wildman–Crippen MR) is 66.6 cm³/mol. The van der Waals surface area contributed by atoms with E-state index in [0.717, 1.165) is 20.8 Å². The zero-order chi connectivity index (χ0) is 11.7. The lowest BCUT2D eigenvalue weighted by molar-refractivity contribution is -0.871. The first-order valence-electron chi connectivity index (χ1n) is 6.28. The molecule has 0 N–H and O–H groups in total. The van der Waals surface area contributed by atoms with Crippen molar-refractivity contribution in [1.29, 1.82) is 0 Å². The molecule has 0 aliphatic heterocycles. The fourth-order valence-electron chi connectivity index (χ4n) is 2.12. The molecule has 0 spiro atoms. The Hall–Kier alpha value is -0.0800. The third-order valence-corrected chi connectivity index (χ3v) is 3.41. The van der Waals surface area contributed by atoms with Crippen LogP contribution >= 0.6 is 0 Å². The molecule has 0 aromatic carbocycles. The molecule has 1 aliphatic rings. The molecule has 0 unspecified atom stereocenters. The quantitative estimate of drug-likeness (QED) is 0.592. The lowest BCUT2D eigenvalue weighted by Crippen LogP contribution is -2.36. The second-order valence-corrected chi connectivity index (χ2v) is 7.36. The Morgan fingerprint density at radius 1 is 0.733 bits per heavy atom. The van der Waals surface area contributed by atoms with Crippen LogP contribution in [0.3, 0.4) is 0 Å². The minimum atomic E-state index is 1.05. The van der Waals surface area contributed by atoms with Gasteiger partial charge in [-0.2, -0.15) is 0 Å². The third-order valence-electron chi connectivity index (χ3n) is 3.41. The van der Waals surface area contributed by atoms with Crippen LogP contribution in [0.15, 0.2) is 0 Å². The van der Waals surface area contributed by atoms with Gasteiger partial charge in [-0.15, -0.1) is 0 Å². The van der Waals surface area contributed by atoms with Gasteiger partial charge in [-0.1, -0.05) is 0 Å². The van der Waals surface area contributed by atoms with E-state index in [1.54, 1.807) is 0 Å². The van der Waals surface area contributed by atoms with Gasteiger partial charge >= 0.3 is 0 Å². The van der Waals surface area contributed by atoms with E-state index in [1.807, 2.05) is 0 Å². The topological polar surface area (TPSA) is 0 Å². The van der Waals surface area contributed by atoms with E-state index in [1.165, 1.54) is 32.4 Å². The highest BCUT2D eigenvalue weighted by Crippen LogP contribution is 2.44. The van der Waals surface area contributed by atoms with Crippen molar-refractivity contribution in [3.8, 4) is 0 Å². The SMILES string of the molecule is C[N+](C)(C)CC[C@@H]1C[C@@H]1CC[N+](C)(C)C. The first-order valence-corrected chi connectivity index (χ1v) is 6.28. The lowest BCUT2D eigenvalue weighted by Gasteiger charge is -2.24. The number of nitrogens with zero attached hydrogens (tertiary/aromatic N) is 2. The molecular weight excluding hydrogens is 184 g/mol. The van der Waals surface area contributed by atoms with Gasteiger partial charge in [-0.25, -0.2) is 0 Å². The Balaban J connectivity index is 2.08. The van der Waals surface area contributed by atoms with Crippen molar-refractivity contribution in [3.05, 3.63) is 0 Å². The van der Waals surface area contributed by atoms with Gasteiger partial charge in [0.1, 0.15) is 0 Å².